The zero-order valence-electron chi connectivity index (χ0n) is 18.7. The van der Waals surface area contributed by atoms with E-state index < -0.39 is 82.1 Å². The molecule has 0 saturated heterocycles. The molecular formula is C23H22F8OSi. The Bertz CT molecular complexity index is 1250. The van der Waals surface area contributed by atoms with E-state index in [0.717, 1.165) is 0 Å². The van der Waals surface area contributed by atoms with Crippen LogP contribution in [0.2, 0.25) is 16.6 Å². The van der Waals surface area contributed by atoms with Gasteiger partial charge >= 0.3 is 0 Å². The minimum absolute atomic E-state index is 0.0967. The molecular weight excluding hydrogens is 472 g/mol. The van der Waals surface area contributed by atoms with Gasteiger partial charge in [0, 0.05) is 5.39 Å². The van der Waals surface area contributed by atoms with Crippen LogP contribution in [0.3, 0.4) is 0 Å². The third-order valence-corrected chi connectivity index (χ3v) is 12.3. The van der Waals surface area contributed by atoms with Gasteiger partial charge in [-0.05, 0) is 22.7 Å². The van der Waals surface area contributed by atoms with Crippen molar-refractivity contribution in [1.82, 2.24) is 0 Å². The number of halogens is 8. The highest BCUT2D eigenvalue weighted by Gasteiger charge is 2.48. The molecule has 0 radical (unpaired) electrons. The van der Waals surface area contributed by atoms with Crippen LogP contribution in [-0.4, -0.2) is 8.32 Å². The van der Waals surface area contributed by atoms with Crippen LogP contribution >= 0.6 is 0 Å². The second kappa shape index (κ2) is 8.45. The average molecular weight is 494 g/mol. The predicted molar refractivity (Wildman–Crippen MR) is 113 cm³/mol. The van der Waals surface area contributed by atoms with Crippen molar-refractivity contribution in [2.24, 2.45) is 0 Å². The summed E-state index contributed by atoms with van der Waals surface area (Å²) in [6.45, 7) is 10.7. The van der Waals surface area contributed by atoms with Crippen LogP contribution in [-0.2, 0) is 0 Å². The molecule has 1 nitrogen and oxygen atoms in total. The summed E-state index contributed by atoms with van der Waals surface area (Å²) in [5.41, 5.74) is -0.659. The lowest BCUT2D eigenvalue weighted by atomic mass is 9.99. The number of hydrogen-bond donors (Lipinski definition) is 0. The van der Waals surface area contributed by atoms with E-state index in [4.69, 9.17) is 4.43 Å². The maximum atomic E-state index is 15.5. The summed E-state index contributed by atoms with van der Waals surface area (Å²) in [6, 6.07) is 0.0967. The summed E-state index contributed by atoms with van der Waals surface area (Å²) in [5, 5.41) is -5.55. The fourth-order valence-electron chi connectivity index (χ4n) is 4.91. The van der Waals surface area contributed by atoms with Crippen LogP contribution in [0, 0.1) is 46.5 Å². The molecule has 180 valence electrons. The second-order valence-corrected chi connectivity index (χ2v) is 14.4. The summed E-state index contributed by atoms with van der Waals surface area (Å²) in [7, 11) is -3.10. The standard InChI is InChI=1S/C23H22F8OSi/c1-8(2)33(9(3)4,10(5)6)32-23-21(30)15-14(20(29)22(23)31)16(25)11-7-12(24)17(26)19(28)13(11)18(15)27/h7-10H,1-6H3. The van der Waals surface area contributed by atoms with E-state index in [1.807, 2.05) is 0 Å². The normalized spacial score (nSPS) is 12.8. The van der Waals surface area contributed by atoms with E-state index in [-0.39, 0.29) is 22.7 Å². The lowest BCUT2D eigenvalue weighted by molar-refractivity contribution is 0.398. The maximum absolute atomic E-state index is 15.5. The highest BCUT2D eigenvalue weighted by atomic mass is 28.4. The molecule has 0 unspecified atom stereocenters. The summed E-state index contributed by atoms with van der Waals surface area (Å²) >= 11 is 0. The average Bonchev–Trinajstić information content (AvgIpc) is 2.71. The van der Waals surface area contributed by atoms with Gasteiger partial charge in [-0.1, -0.05) is 41.5 Å². The smallest absolute Gasteiger partial charge is 0.259 e. The summed E-state index contributed by atoms with van der Waals surface area (Å²) in [6.07, 6.45) is 0. The van der Waals surface area contributed by atoms with Crippen molar-refractivity contribution < 1.29 is 39.5 Å². The van der Waals surface area contributed by atoms with Crippen LogP contribution in [0.4, 0.5) is 35.1 Å². The van der Waals surface area contributed by atoms with Crippen molar-refractivity contribution in [2.75, 3.05) is 0 Å². The minimum Gasteiger partial charge on any atom is -0.539 e. The van der Waals surface area contributed by atoms with Crippen molar-refractivity contribution in [1.29, 1.82) is 0 Å². The number of fused-ring (bicyclic) bond motifs is 2. The Kier molecular flexibility index (Phi) is 6.47. The fraction of sp³-hybridized carbons (Fsp3) is 0.391. The Balaban J connectivity index is 2.51. The van der Waals surface area contributed by atoms with Gasteiger partial charge in [-0.3, -0.25) is 0 Å². The van der Waals surface area contributed by atoms with Crippen LogP contribution in [0.15, 0.2) is 6.07 Å². The van der Waals surface area contributed by atoms with Crippen LogP contribution < -0.4 is 4.43 Å². The fourth-order valence-corrected chi connectivity index (χ4v) is 10.2. The van der Waals surface area contributed by atoms with Crippen molar-refractivity contribution in [3.8, 4) is 5.75 Å². The van der Waals surface area contributed by atoms with Gasteiger partial charge in [0.05, 0.1) is 16.2 Å². The van der Waals surface area contributed by atoms with Gasteiger partial charge < -0.3 is 4.43 Å². The molecule has 0 atom stereocenters. The molecule has 0 heterocycles. The van der Waals surface area contributed by atoms with Crippen molar-refractivity contribution in [2.45, 2.75) is 58.2 Å². The molecule has 0 aliphatic carbocycles. The molecule has 0 aromatic heterocycles. The molecule has 3 aromatic rings. The molecule has 3 rings (SSSR count). The first-order valence-corrected chi connectivity index (χ1v) is 12.5. The van der Waals surface area contributed by atoms with Gasteiger partial charge in [0.2, 0.25) is 5.82 Å². The quantitative estimate of drug-likeness (QED) is 0.113. The Morgan fingerprint density at radius 1 is 0.545 bits per heavy atom. The van der Waals surface area contributed by atoms with Gasteiger partial charge in [0.1, 0.15) is 11.6 Å². The zero-order valence-corrected chi connectivity index (χ0v) is 19.7. The molecule has 33 heavy (non-hydrogen) atoms. The molecule has 0 N–H and O–H groups in total. The van der Waals surface area contributed by atoms with E-state index >= 15 is 13.2 Å². The third-order valence-electron chi connectivity index (χ3n) is 6.32. The van der Waals surface area contributed by atoms with Gasteiger partial charge in [0.15, 0.2) is 34.8 Å². The Hall–Kier alpha value is -2.36. The highest BCUT2D eigenvalue weighted by molar-refractivity contribution is 6.78. The predicted octanol–water partition coefficient (Wildman–Crippen LogP) is 8.66. The van der Waals surface area contributed by atoms with Crippen molar-refractivity contribution in [3.05, 3.63) is 52.6 Å². The monoisotopic (exact) mass is 494 g/mol. The van der Waals surface area contributed by atoms with Gasteiger partial charge in [0.25, 0.3) is 8.32 Å². The number of benzene rings is 3. The number of rotatable bonds is 5. The largest absolute Gasteiger partial charge is 0.539 e. The number of hydrogen-bond acceptors (Lipinski definition) is 1. The highest BCUT2D eigenvalue weighted by Crippen LogP contribution is 2.46. The molecule has 10 heteroatoms. The van der Waals surface area contributed by atoms with E-state index in [1.54, 1.807) is 41.5 Å². The molecule has 0 amide bonds. The van der Waals surface area contributed by atoms with E-state index in [1.165, 1.54) is 0 Å². The molecule has 3 aromatic carbocycles. The first-order chi connectivity index (χ1) is 15.2. The zero-order chi connectivity index (χ0) is 25.2. The lowest BCUT2D eigenvalue weighted by Crippen LogP contribution is -2.51. The summed E-state index contributed by atoms with van der Waals surface area (Å²) in [4.78, 5) is 0. The Labute approximate surface area is 186 Å². The second-order valence-electron chi connectivity index (χ2n) is 8.98. The van der Waals surface area contributed by atoms with Crippen molar-refractivity contribution >= 4 is 29.9 Å². The summed E-state index contributed by atoms with van der Waals surface area (Å²) in [5.74, 6) is -16.8. The van der Waals surface area contributed by atoms with E-state index in [9.17, 15) is 22.0 Å². The van der Waals surface area contributed by atoms with Gasteiger partial charge in [-0.25, -0.2) is 30.7 Å². The van der Waals surface area contributed by atoms with E-state index in [2.05, 4.69) is 0 Å². The van der Waals surface area contributed by atoms with Gasteiger partial charge in [-0.15, -0.1) is 0 Å². The molecule has 0 bridgehead atoms. The Morgan fingerprint density at radius 2 is 1.00 bits per heavy atom. The van der Waals surface area contributed by atoms with Crippen LogP contribution in [0.1, 0.15) is 41.5 Å². The topological polar surface area (TPSA) is 9.23 Å². The first kappa shape index (κ1) is 25.3. The first-order valence-electron chi connectivity index (χ1n) is 10.3. The molecule has 0 fully saturated rings. The molecule has 0 aliphatic heterocycles. The van der Waals surface area contributed by atoms with E-state index in [0.29, 0.717) is 0 Å². The third kappa shape index (κ3) is 3.48. The maximum Gasteiger partial charge on any atom is 0.259 e. The molecule has 0 spiro atoms. The molecule has 0 saturated carbocycles. The van der Waals surface area contributed by atoms with Crippen molar-refractivity contribution in [3.63, 3.8) is 0 Å². The van der Waals surface area contributed by atoms with Gasteiger partial charge in [-0.2, -0.15) is 4.39 Å². The SMILES string of the molecule is CC(C)[Si](Oc1c(F)c(F)c2c(F)c3cc(F)c(F)c(F)c3c(F)c2c1F)(C(C)C)C(C)C. The molecule has 0 aliphatic rings. The minimum atomic E-state index is -3.10. The Morgan fingerprint density at radius 3 is 1.48 bits per heavy atom. The lowest BCUT2D eigenvalue weighted by Gasteiger charge is -2.42. The van der Waals surface area contributed by atoms with Crippen LogP contribution in [0.5, 0.6) is 5.75 Å². The summed E-state index contributed by atoms with van der Waals surface area (Å²) < 4.78 is 123. The van der Waals surface area contributed by atoms with Crippen LogP contribution in [0.25, 0.3) is 21.5 Å².